The smallest absolute Gasteiger partial charge is 0.205 e. The first kappa shape index (κ1) is 17.3. The first-order valence-electron chi connectivity index (χ1n) is 8.66. The number of para-hydroxylation sites is 1. The van der Waals surface area contributed by atoms with Crippen LogP contribution in [0.5, 0.6) is 5.75 Å². The Bertz CT molecular complexity index is 898. The summed E-state index contributed by atoms with van der Waals surface area (Å²) < 4.78 is 5.91. The Morgan fingerprint density at radius 3 is 2.32 bits per heavy atom. The van der Waals surface area contributed by atoms with Gasteiger partial charge in [0.1, 0.15) is 5.75 Å². The van der Waals surface area contributed by atoms with Crippen LogP contribution in [-0.2, 0) is 5.41 Å². The summed E-state index contributed by atoms with van der Waals surface area (Å²) in [6.45, 7) is 10.3. The van der Waals surface area contributed by atoms with E-state index in [0.717, 1.165) is 22.2 Å². The maximum Gasteiger partial charge on any atom is 0.205 e. The first-order chi connectivity index (χ1) is 11.8. The number of Topliss-reactive ketones (excluding diaryl/α,β-unsaturated/α-hetero) is 1. The molecule has 3 heteroatoms. The van der Waals surface area contributed by atoms with Gasteiger partial charge in [-0.15, -0.1) is 0 Å². The van der Waals surface area contributed by atoms with E-state index in [4.69, 9.17) is 4.74 Å². The van der Waals surface area contributed by atoms with Crippen LogP contribution in [0.3, 0.4) is 0 Å². The van der Waals surface area contributed by atoms with Crippen molar-refractivity contribution in [1.82, 2.24) is 4.98 Å². The molecular weight excluding hydrogens is 310 g/mol. The van der Waals surface area contributed by atoms with E-state index >= 15 is 0 Å². The number of carbonyl (C=O) groups excluding carboxylic acids is 1. The highest BCUT2D eigenvalue weighted by Gasteiger charge is 2.23. The average Bonchev–Trinajstić information content (AvgIpc) is 2.89. The quantitative estimate of drug-likeness (QED) is 0.646. The van der Waals surface area contributed by atoms with Gasteiger partial charge in [0.15, 0.2) is 6.10 Å². The molecule has 3 rings (SSSR count). The van der Waals surface area contributed by atoms with Crippen molar-refractivity contribution in [2.75, 3.05) is 0 Å². The SMILES string of the molecule is Cc1[nH]c2ccccc2c1C(=O)[C@@H](C)Oc1ccc(C(C)(C)C)cc1. The summed E-state index contributed by atoms with van der Waals surface area (Å²) in [5, 5.41) is 0.948. The molecule has 3 aromatic rings. The van der Waals surface area contributed by atoms with E-state index < -0.39 is 6.10 Å². The lowest BCUT2D eigenvalue weighted by atomic mass is 9.87. The van der Waals surface area contributed by atoms with Crippen molar-refractivity contribution in [3.63, 3.8) is 0 Å². The van der Waals surface area contributed by atoms with E-state index in [1.165, 1.54) is 5.56 Å². The van der Waals surface area contributed by atoms with Crippen molar-refractivity contribution in [2.24, 2.45) is 0 Å². The molecule has 2 aromatic carbocycles. The normalized spacial score (nSPS) is 13.0. The second kappa shape index (κ2) is 6.40. The second-order valence-electron chi connectivity index (χ2n) is 7.57. The standard InChI is InChI=1S/C22H25NO2/c1-14-20(18-8-6-7-9-19(18)23-14)21(24)15(2)25-17-12-10-16(11-13-17)22(3,4)5/h6-13,15,23H,1-5H3/t15-/m1/s1. The average molecular weight is 335 g/mol. The fraction of sp³-hybridized carbons (Fsp3) is 0.318. The van der Waals surface area contributed by atoms with Gasteiger partial charge in [-0.25, -0.2) is 0 Å². The maximum absolute atomic E-state index is 12.9. The summed E-state index contributed by atoms with van der Waals surface area (Å²) in [6.07, 6.45) is -0.543. The van der Waals surface area contributed by atoms with Gasteiger partial charge in [-0.3, -0.25) is 4.79 Å². The molecule has 1 atom stereocenters. The van der Waals surface area contributed by atoms with Gasteiger partial charge in [0.2, 0.25) is 5.78 Å². The third-order valence-electron chi connectivity index (χ3n) is 4.54. The number of ketones is 1. The van der Waals surface area contributed by atoms with Crippen molar-refractivity contribution in [3.05, 3.63) is 65.4 Å². The van der Waals surface area contributed by atoms with Crippen molar-refractivity contribution in [2.45, 2.75) is 46.1 Å². The zero-order valence-electron chi connectivity index (χ0n) is 15.5. The molecule has 130 valence electrons. The summed E-state index contributed by atoms with van der Waals surface area (Å²) in [4.78, 5) is 16.2. The largest absolute Gasteiger partial charge is 0.483 e. The minimum absolute atomic E-state index is 0.00477. The van der Waals surface area contributed by atoms with Gasteiger partial charge in [-0.2, -0.15) is 0 Å². The van der Waals surface area contributed by atoms with Crippen molar-refractivity contribution < 1.29 is 9.53 Å². The molecule has 0 spiro atoms. The van der Waals surface area contributed by atoms with Gasteiger partial charge in [0, 0.05) is 22.2 Å². The van der Waals surface area contributed by atoms with E-state index in [2.05, 4.69) is 37.9 Å². The van der Waals surface area contributed by atoms with Crippen LogP contribution < -0.4 is 4.74 Å². The molecule has 1 aromatic heterocycles. The molecular formula is C22H25NO2. The van der Waals surface area contributed by atoms with Crippen molar-refractivity contribution in [1.29, 1.82) is 0 Å². The predicted molar refractivity (Wildman–Crippen MR) is 103 cm³/mol. The third kappa shape index (κ3) is 3.46. The summed E-state index contributed by atoms with van der Waals surface area (Å²) >= 11 is 0. The number of carbonyl (C=O) groups is 1. The number of hydrogen-bond donors (Lipinski definition) is 1. The Hall–Kier alpha value is -2.55. The van der Waals surface area contributed by atoms with Gasteiger partial charge in [-0.05, 0) is 43.0 Å². The number of ether oxygens (including phenoxy) is 1. The molecule has 0 unspecified atom stereocenters. The van der Waals surface area contributed by atoms with Crippen molar-refractivity contribution >= 4 is 16.7 Å². The molecule has 3 nitrogen and oxygen atoms in total. The van der Waals surface area contributed by atoms with E-state index in [1.807, 2.05) is 43.3 Å². The van der Waals surface area contributed by atoms with Gasteiger partial charge in [0.05, 0.1) is 0 Å². The molecule has 0 amide bonds. The zero-order valence-corrected chi connectivity index (χ0v) is 15.5. The summed E-state index contributed by atoms with van der Waals surface area (Å²) in [7, 11) is 0. The molecule has 1 N–H and O–H groups in total. The Kier molecular flexibility index (Phi) is 4.42. The summed E-state index contributed by atoms with van der Waals surface area (Å²) in [5.41, 5.74) is 3.91. The van der Waals surface area contributed by atoms with Crippen LogP contribution in [0.15, 0.2) is 48.5 Å². The van der Waals surface area contributed by atoms with Crippen LogP contribution >= 0.6 is 0 Å². The number of nitrogens with one attached hydrogen (secondary N) is 1. The lowest BCUT2D eigenvalue weighted by Crippen LogP contribution is -2.24. The van der Waals surface area contributed by atoms with Crippen LogP contribution in [-0.4, -0.2) is 16.9 Å². The molecule has 0 saturated heterocycles. The number of fused-ring (bicyclic) bond motifs is 1. The number of H-pyrrole nitrogens is 1. The summed E-state index contributed by atoms with van der Waals surface area (Å²) in [5.74, 6) is 0.709. The molecule has 0 saturated carbocycles. The monoisotopic (exact) mass is 335 g/mol. The highest BCUT2D eigenvalue weighted by molar-refractivity contribution is 6.11. The Labute approximate surface area is 149 Å². The van der Waals surface area contributed by atoms with Gasteiger partial charge >= 0.3 is 0 Å². The molecule has 0 radical (unpaired) electrons. The number of hydrogen-bond acceptors (Lipinski definition) is 2. The molecule has 0 aliphatic heterocycles. The summed E-state index contributed by atoms with van der Waals surface area (Å²) in [6, 6.07) is 15.9. The maximum atomic E-state index is 12.9. The zero-order chi connectivity index (χ0) is 18.2. The number of rotatable bonds is 4. The van der Waals surface area contributed by atoms with Crippen LogP contribution in [0.25, 0.3) is 10.9 Å². The number of aryl methyl sites for hydroxylation is 1. The molecule has 1 heterocycles. The minimum Gasteiger partial charge on any atom is -0.483 e. The van der Waals surface area contributed by atoms with E-state index in [0.29, 0.717) is 5.75 Å². The number of aromatic nitrogens is 1. The van der Waals surface area contributed by atoms with Gasteiger partial charge < -0.3 is 9.72 Å². The molecule has 0 aliphatic carbocycles. The van der Waals surface area contributed by atoms with Gasteiger partial charge in [0.25, 0.3) is 0 Å². The van der Waals surface area contributed by atoms with Crippen LogP contribution in [0.4, 0.5) is 0 Å². The van der Waals surface area contributed by atoms with E-state index in [-0.39, 0.29) is 11.2 Å². The molecule has 0 aliphatic rings. The molecule has 25 heavy (non-hydrogen) atoms. The lowest BCUT2D eigenvalue weighted by Gasteiger charge is -2.20. The highest BCUT2D eigenvalue weighted by atomic mass is 16.5. The highest BCUT2D eigenvalue weighted by Crippen LogP contribution is 2.27. The molecule has 0 bridgehead atoms. The fourth-order valence-corrected chi connectivity index (χ4v) is 3.09. The van der Waals surface area contributed by atoms with Crippen LogP contribution in [0.1, 0.15) is 49.3 Å². The minimum atomic E-state index is -0.543. The van der Waals surface area contributed by atoms with Crippen molar-refractivity contribution in [3.8, 4) is 5.75 Å². The molecule has 0 fully saturated rings. The topological polar surface area (TPSA) is 42.1 Å². The predicted octanol–water partition coefficient (Wildman–Crippen LogP) is 5.42. The first-order valence-corrected chi connectivity index (χ1v) is 8.66. The van der Waals surface area contributed by atoms with E-state index in [1.54, 1.807) is 6.92 Å². The fourth-order valence-electron chi connectivity index (χ4n) is 3.09. The Morgan fingerprint density at radius 2 is 1.68 bits per heavy atom. The second-order valence-corrected chi connectivity index (χ2v) is 7.57. The Morgan fingerprint density at radius 1 is 1.04 bits per heavy atom. The van der Waals surface area contributed by atoms with E-state index in [9.17, 15) is 4.79 Å². The van der Waals surface area contributed by atoms with Gasteiger partial charge in [-0.1, -0.05) is 51.1 Å². The van der Waals surface area contributed by atoms with Crippen LogP contribution in [0, 0.1) is 6.92 Å². The number of aromatic amines is 1. The third-order valence-corrected chi connectivity index (χ3v) is 4.54. The Balaban J connectivity index is 1.82. The number of benzene rings is 2. The van der Waals surface area contributed by atoms with Crippen LogP contribution in [0.2, 0.25) is 0 Å². The lowest BCUT2D eigenvalue weighted by molar-refractivity contribution is 0.0819.